The fraction of sp³-hybridized carbons (Fsp3) is 0.644. The first kappa shape index (κ1) is 45.1. The zero-order valence-corrected chi connectivity index (χ0v) is 35.4. The predicted octanol–water partition coefficient (Wildman–Crippen LogP) is 3.26. The van der Waals surface area contributed by atoms with Crippen LogP contribution in [-0.4, -0.2) is 163 Å². The van der Waals surface area contributed by atoms with Crippen molar-refractivity contribution in [1.29, 1.82) is 0 Å². The predicted molar refractivity (Wildman–Crippen MR) is 226 cm³/mol. The molecule has 0 aliphatic carbocycles. The molecule has 320 valence electrons. The highest BCUT2D eigenvalue weighted by Gasteiger charge is 2.44. The van der Waals surface area contributed by atoms with Crippen LogP contribution >= 0.6 is 0 Å². The number of aliphatic hydroxyl groups excluding tert-OH is 1. The molecule has 0 spiro atoms. The molecule has 0 radical (unpaired) electrons. The van der Waals surface area contributed by atoms with Crippen LogP contribution in [0.3, 0.4) is 0 Å². The molecule has 3 N–H and O–H groups in total. The molecule has 5 amide bonds. The number of urea groups is 1. The maximum absolute atomic E-state index is 14.7. The third-order valence-corrected chi connectivity index (χ3v) is 12.1. The third-order valence-electron chi connectivity index (χ3n) is 12.1. The van der Waals surface area contributed by atoms with E-state index in [4.69, 9.17) is 4.74 Å². The van der Waals surface area contributed by atoms with Gasteiger partial charge in [0.2, 0.25) is 17.7 Å². The Morgan fingerprint density at radius 3 is 2.14 bits per heavy atom. The minimum Gasteiger partial charge on any atom is -0.391 e. The average molecular weight is 804 g/mol. The first-order valence-corrected chi connectivity index (χ1v) is 21.7. The summed E-state index contributed by atoms with van der Waals surface area (Å²) in [6, 6.07) is 17.1. The van der Waals surface area contributed by atoms with E-state index in [2.05, 4.69) is 27.4 Å². The van der Waals surface area contributed by atoms with E-state index in [1.54, 1.807) is 9.80 Å². The fourth-order valence-electron chi connectivity index (χ4n) is 8.39. The molecular weight excluding hydrogens is 735 g/mol. The molecule has 3 aliphatic heterocycles. The Morgan fingerprint density at radius 1 is 0.845 bits per heavy atom. The summed E-state index contributed by atoms with van der Waals surface area (Å²) >= 11 is 0. The number of carbonyl (C=O) groups excluding carboxylic acids is 4. The number of benzene rings is 2. The lowest BCUT2D eigenvalue weighted by Gasteiger charge is -2.46. The molecule has 13 nitrogen and oxygen atoms in total. The highest BCUT2D eigenvalue weighted by Crippen LogP contribution is 2.25. The molecule has 5 rings (SSSR count). The van der Waals surface area contributed by atoms with Gasteiger partial charge < -0.3 is 40.1 Å². The molecule has 0 aromatic heterocycles. The Hall–Kier alpha value is -4.04. The van der Waals surface area contributed by atoms with Gasteiger partial charge in [-0.25, -0.2) is 4.79 Å². The Balaban J connectivity index is 1.32. The first-order valence-electron chi connectivity index (χ1n) is 21.7. The summed E-state index contributed by atoms with van der Waals surface area (Å²) in [5, 5.41) is 18.3. The van der Waals surface area contributed by atoms with Crippen LogP contribution < -0.4 is 10.6 Å². The minimum absolute atomic E-state index is 0.0386. The van der Waals surface area contributed by atoms with Gasteiger partial charge in [-0.1, -0.05) is 94.3 Å². The highest BCUT2D eigenvalue weighted by molar-refractivity contribution is 5.93. The van der Waals surface area contributed by atoms with E-state index in [1.807, 2.05) is 86.5 Å². The summed E-state index contributed by atoms with van der Waals surface area (Å²) in [6.45, 7) is 14.0. The van der Waals surface area contributed by atoms with E-state index in [-0.39, 0.29) is 42.6 Å². The molecule has 3 heterocycles. The number of nitrogens with one attached hydrogen (secondary N) is 2. The van der Waals surface area contributed by atoms with Crippen LogP contribution in [0.25, 0.3) is 0 Å². The summed E-state index contributed by atoms with van der Waals surface area (Å²) in [6.07, 6.45) is 2.69. The number of hydrogen-bond donors (Lipinski definition) is 3. The van der Waals surface area contributed by atoms with Crippen LogP contribution in [0.2, 0.25) is 0 Å². The molecule has 2 aromatic rings. The van der Waals surface area contributed by atoms with E-state index in [1.165, 1.54) is 0 Å². The van der Waals surface area contributed by atoms with Gasteiger partial charge in [0.1, 0.15) is 12.1 Å². The number of aliphatic hydroxyl groups is 1. The molecule has 2 aromatic carbocycles. The maximum Gasteiger partial charge on any atom is 0.320 e. The number of carbonyl (C=O) groups is 4. The Kier molecular flexibility index (Phi) is 17.8. The summed E-state index contributed by atoms with van der Waals surface area (Å²) in [4.78, 5) is 66.7. The van der Waals surface area contributed by atoms with Gasteiger partial charge in [0.15, 0.2) is 0 Å². The molecule has 0 bridgehead atoms. The molecule has 58 heavy (non-hydrogen) atoms. The number of ether oxygens (including phenoxy) is 1. The summed E-state index contributed by atoms with van der Waals surface area (Å²) < 4.78 is 5.45. The smallest absolute Gasteiger partial charge is 0.320 e. The fourth-order valence-corrected chi connectivity index (χ4v) is 8.39. The van der Waals surface area contributed by atoms with E-state index >= 15 is 0 Å². The zero-order chi connectivity index (χ0) is 41.4. The average Bonchev–Trinajstić information content (AvgIpc) is 3.23. The van der Waals surface area contributed by atoms with Crippen LogP contribution in [0, 0.1) is 11.8 Å². The molecular formula is C45H69N7O6. The van der Waals surface area contributed by atoms with Crippen LogP contribution in [0.4, 0.5) is 4.79 Å². The van der Waals surface area contributed by atoms with Crippen molar-refractivity contribution in [3.05, 3.63) is 71.8 Å². The lowest BCUT2D eigenvalue weighted by Crippen LogP contribution is -2.66. The normalized spacial score (nSPS) is 20.4. The van der Waals surface area contributed by atoms with Crippen molar-refractivity contribution in [1.82, 2.24) is 35.1 Å². The number of unbranched alkanes of at least 4 members (excludes halogenated alkanes) is 1. The van der Waals surface area contributed by atoms with E-state index in [0.29, 0.717) is 45.4 Å². The van der Waals surface area contributed by atoms with Gasteiger partial charge in [-0.15, -0.1) is 0 Å². The van der Waals surface area contributed by atoms with Crippen LogP contribution in [0.15, 0.2) is 60.7 Å². The van der Waals surface area contributed by atoms with Gasteiger partial charge in [-0.2, -0.15) is 0 Å². The molecule has 3 saturated heterocycles. The third kappa shape index (κ3) is 13.0. The molecule has 3 fully saturated rings. The van der Waals surface area contributed by atoms with Crippen LogP contribution in [-0.2, 0) is 32.0 Å². The van der Waals surface area contributed by atoms with Gasteiger partial charge in [0.05, 0.1) is 25.4 Å². The summed E-state index contributed by atoms with van der Waals surface area (Å²) in [5.41, 5.74) is 1.89. The Bertz CT molecular complexity index is 1570. The van der Waals surface area contributed by atoms with E-state index in [9.17, 15) is 24.3 Å². The standard InChI is InChI=1S/C45H69N7O6/c1-5-6-18-39(51-25-26-52(45(57)50-23-21-48(4)22-24-50)40(44(51)56)32-36-16-11-8-12-17-36)43(55)47-38(31-35-14-9-7-10-15-35)41(53)33-37(34(2)3)42(54)46-19-13-20-49-27-29-58-30-28-49/h7-12,14-17,34,37-41,53H,5-6,13,18-33H2,1-4H3,(H,46,54)(H,47,55)/t37-,38-,39+,40+,41-/m0/s1. The minimum atomic E-state index is -1.03. The van der Waals surface area contributed by atoms with Crippen molar-refractivity contribution in [2.45, 2.75) is 89.9 Å². The lowest BCUT2D eigenvalue weighted by atomic mass is 9.85. The van der Waals surface area contributed by atoms with E-state index < -0.39 is 30.1 Å². The SMILES string of the molecule is CCCC[C@H](C(=O)N[C@@H](Cc1ccccc1)[C@@H](O)C[C@H](C(=O)NCCCN1CCOCC1)C(C)C)N1CCN(C(=O)N2CCN(C)CC2)[C@H](Cc2ccccc2)C1=O. The van der Waals surface area contributed by atoms with Gasteiger partial charge in [0.25, 0.3) is 0 Å². The second kappa shape index (κ2) is 22.9. The number of hydrogen-bond acceptors (Lipinski definition) is 8. The highest BCUT2D eigenvalue weighted by atomic mass is 16.5. The number of likely N-dealkylation sites (N-methyl/N-ethyl adjacent to an activating group) is 1. The topological polar surface area (TPSA) is 138 Å². The summed E-state index contributed by atoms with van der Waals surface area (Å²) in [5.74, 6) is -1.16. The second-order valence-electron chi connectivity index (χ2n) is 16.7. The number of morpholine rings is 1. The number of piperazine rings is 2. The van der Waals surface area contributed by atoms with Crippen molar-refractivity contribution in [2.75, 3.05) is 85.7 Å². The van der Waals surface area contributed by atoms with Gasteiger partial charge in [-0.3, -0.25) is 19.3 Å². The Morgan fingerprint density at radius 2 is 1.50 bits per heavy atom. The second-order valence-corrected chi connectivity index (χ2v) is 16.7. The molecule has 0 unspecified atom stereocenters. The van der Waals surface area contributed by atoms with Crippen molar-refractivity contribution in [2.24, 2.45) is 11.8 Å². The monoisotopic (exact) mass is 804 g/mol. The van der Waals surface area contributed by atoms with Crippen LogP contribution in [0.5, 0.6) is 0 Å². The molecule has 5 atom stereocenters. The maximum atomic E-state index is 14.7. The van der Waals surface area contributed by atoms with Gasteiger partial charge >= 0.3 is 6.03 Å². The van der Waals surface area contributed by atoms with Gasteiger partial charge in [-0.05, 0) is 56.3 Å². The zero-order valence-electron chi connectivity index (χ0n) is 35.4. The lowest BCUT2D eigenvalue weighted by molar-refractivity contribution is -0.149. The first-order chi connectivity index (χ1) is 28.0. The van der Waals surface area contributed by atoms with E-state index in [0.717, 1.165) is 76.3 Å². The molecule has 13 heteroatoms. The van der Waals surface area contributed by atoms with Gasteiger partial charge in [0, 0.05) is 71.2 Å². The molecule has 0 saturated carbocycles. The molecule has 3 aliphatic rings. The quantitative estimate of drug-likeness (QED) is 0.184. The van der Waals surface area contributed by atoms with Crippen molar-refractivity contribution in [3.63, 3.8) is 0 Å². The Labute approximate surface area is 346 Å². The number of nitrogens with zero attached hydrogens (tertiary/aromatic N) is 5. The number of amides is 5. The largest absolute Gasteiger partial charge is 0.391 e. The van der Waals surface area contributed by atoms with Crippen molar-refractivity contribution in [3.8, 4) is 0 Å². The van der Waals surface area contributed by atoms with Crippen LogP contribution in [0.1, 0.15) is 64.0 Å². The van der Waals surface area contributed by atoms with Crippen molar-refractivity contribution < 1.29 is 29.0 Å². The van der Waals surface area contributed by atoms with Crippen molar-refractivity contribution >= 4 is 23.8 Å². The summed E-state index contributed by atoms with van der Waals surface area (Å²) in [7, 11) is 2.04. The number of rotatable bonds is 19.